The molecule has 1 saturated carbocycles. The van der Waals surface area contributed by atoms with Crippen LogP contribution in [0.2, 0.25) is 0 Å². The van der Waals surface area contributed by atoms with Crippen LogP contribution in [0, 0.1) is 0 Å². The van der Waals surface area contributed by atoms with Gasteiger partial charge in [-0.05, 0) is 32.6 Å². The summed E-state index contributed by atoms with van der Waals surface area (Å²) in [6, 6.07) is 0.814. The lowest BCUT2D eigenvalue weighted by Gasteiger charge is -2.31. The molecule has 1 fully saturated rings. The fraction of sp³-hybridized carbons (Fsp3) is 0.833. The summed E-state index contributed by atoms with van der Waals surface area (Å²) in [4.78, 5) is 0. The van der Waals surface area contributed by atoms with Gasteiger partial charge in [0, 0.05) is 12.1 Å². The third-order valence-corrected chi connectivity index (χ3v) is 3.03. The second-order valence-corrected chi connectivity index (χ2v) is 4.39. The van der Waals surface area contributed by atoms with Gasteiger partial charge in [0.15, 0.2) is 0 Å². The van der Waals surface area contributed by atoms with Gasteiger partial charge in [-0.15, -0.1) is 6.58 Å². The molecule has 2 nitrogen and oxygen atoms in total. The van der Waals surface area contributed by atoms with Crippen molar-refractivity contribution in [1.82, 2.24) is 5.32 Å². The zero-order valence-corrected chi connectivity index (χ0v) is 9.21. The molecule has 1 aliphatic carbocycles. The summed E-state index contributed by atoms with van der Waals surface area (Å²) >= 11 is 0. The van der Waals surface area contributed by atoms with Gasteiger partial charge < -0.3 is 10.4 Å². The van der Waals surface area contributed by atoms with E-state index in [4.69, 9.17) is 0 Å². The molecule has 0 aromatic rings. The normalized spacial score (nSPS) is 29.9. The second-order valence-electron chi connectivity index (χ2n) is 4.39. The highest BCUT2D eigenvalue weighted by Gasteiger charge is 2.23. The number of hydrogen-bond donors (Lipinski definition) is 2. The maximum atomic E-state index is 9.76. The first-order valence-corrected chi connectivity index (χ1v) is 5.79. The molecule has 0 aromatic carbocycles. The summed E-state index contributed by atoms with van der Waals surface area (Å²) in [6.45, 7) is 5.90. The van der Waals surface area contributed by atoms with Gasteiger partial charge in [0.25, 0.3) is 0 Å². The van der Waals surface area contributed by atoms with Crippen molar-refractivity contribution < 1.29 is 5.11 Å². The Kier molecular flexibility index (Phi) is 5.20. The molecule has 0 saturated heterocycles. The van der Waals surface area contributed by atoms with Crippen LogP contribution < -0.4 is 5.32 Å². The Labute approximate surface area is 87.4 Å². The standard InChI is InChI=1S/C12H23NO/c1-3-4-7-10(2)13-11-8-5-6-9-12(11)14/h3,10-14H,1,4-9H2,2H3/t10-,11+,12+/m1/s1. The molecule has 1 aliphatic rings. The van der Waals surface area contributed by atoms with Crippen molar-refractivity contribution in [2.24, 2.45) is 0 Å². The molecular weight excluding hydrogens is 174 g/mol. The fourth-order valence-corrected chi connectivity index (χ4v) is 2.12. The first kappa shape index (κ1) is 11.7. The van der Waals surface area contributed by atoms with Crippen LogP contribution in [0.1, 0.15) is 45.4 Å². The average Bonchev–Trinajstić information content (AvgIpc) is 2.18. The van der Waals surface area contributed by atoms with Crippen molar-refractivity contribution in [1.29, 1.82) is 0 Å². The lowest BCUT2D eigenvalue weighted by atomic mass is 9.92. The first-order chi connectivity index (χ1) is 6.74. The molecule has 0 aliphatic heterocycles. The Morgan fingerprint density at radius 2 is 2.21 bits per heavy atom. The molecule has 82 valence electrons. The topological polar surface area (TPSA) is 32.3 Å². The third kappa shape index (κ3) is 3.81. The Morgan fingerprint density at radius 1 is 1.50 bits per heavy atom. The fourth-order valence-electron chi connectivity index (χ4n) is 2.12. The molecular formula is C12H23NO. The van der Waals surface area contributed by atoms with E-state index in [0.717, 1.165) is 25.7 Å². The van der Waals surface area contributed by atoms with Gasteiger partial charge in [0.05, 0.1) is 6.10 Å². The van der Waals surface area contributed by atoms with Gasteiger partial charge in [-0.3, -0.25) is 0 Å². The van der Waals surface area contributed by atoms with Crippen LogP contribution in [0.15, 0.2) is 12.7 Å². The zero-order valence-electron chi connectivity index (χ0n) is 9.21. The van der Waals surface area contributed by atoms with Gasteiger partial charge >= 0.3 is 0 Å². The van der Waals surface area contributed by atoms with E-state index in [1.54, 1.807) is 0 Å². The minimum absolute atomic E-state index is 0.130. The third-order valence-electron chi connectivity index (χ3n) is 3.03. The SMILES string of the molecule is C=CCC[C@@H](C)N[C@H]1CCCC[C@@H]1O. The first-order valence-electron chi connectivity index (χ1n) is 5.79. The van der Waals surface area contributed by atoms with Crippen LogP contribution in [0.3, 0.4) is 0 Å². The molecule has 0 radical (unpaired) electrons. The van der Waals surface area contributed by atoms with Gasteiger partial charge in [0.1, 0.15) is 0 Å². The van der Waals surface area contributed by atoms with Crippen LogP contribution in [0.25, 0.3) is 0 Å². The summed E-state index contributed by atoms with van der Waals surface area (Å²) in [5.74, 6) is 0. The second kappa shape index (κ2) is 6.20. The molecule has 0 aromatic heterocycles. The van der Waals surface area contributed by atoms with Crippen molar-refractivity contribution in [3.8, 4) is 0 Å². The number of allylic oxidation sites excluding steroid dienone is 1. The summed E-state index contributed by atoms with van der Waals surface area (Å²) in [5.41, 5.74) is 0. The molecule has 0 bridgehead atoms. The Hall–Kier alpha value is -0.340. The number of rotatable bonds is 5. The van der Waals surface area contributed by atoms with Gasteiger partial charge in [0.2, 0.25) is 0 Å². The highest BCUT2D eigenvalue weighted by Crippen LogP contribution is 2.19. The molecule has 2 N–H and O–H groups in total. The van der Waals surface area contributed by atoms with Gasteiger partial charge in [-0.2, -0.15) is 0 Å². The maximum absolute atomic E-state index is 9.76. The molecule has 2 heteroatoms. The highest BCUT2D eigenvalue weighted by atomic mass is 16.3. The number of hydrogen-bond acceptors (Lipinski definition) is 2. The number of aliphatic hydroxyl groups is 1. The quantitative estimate of drug-likeness (QED) is 0.662. The number of nitrogens with one attached hydrogen (secondary N) is 1. The molecule has 14 heavy (non-hydrogen) atoms. The van der Waals surface area contributed by atoms with Crippen molar-refractivity contribution in [3.63, 3.8) is 0 Å². The van der Waals surface area contributed by atoms with Gasteiger partial charge in [-0.1, -0.05) is 18.9 Å². The Bertz CT molecular complexity index is 170. The number of aliphatic hydroxyl groups excluding tert-OH is 1. The van der Waals surface area contributed by atoms with E-state index in [1.165, 1.54) is 12.8 Å². The summed E-state index contributed by atoms with van der Waals surface area (Å²) in [7, 11) is 0. The molecule has 0 amide bonds. The Morgan fingerprint density at radius 3 is 2.86 bits per heavy atom. The van der Waals surface area contributed by atoms with Crippen molar-refractivity contribution in [3.05, 3.63) is 12.7 Å². The largest absolute Gasteiger partial charge is 0.392 e. The summed E-state index contributed by atoms with van der Waals surface area (Å²) in [6.07, 6.45) is 8.52. The van der Waals surface area contributed by atoms with Crippen LogP contribution in [-0.4, -0.2) is 23.3 Å². The van der Waals surface area contributed by atoms with E-state index < -0.39 is 0 Å². The predicted molar refractivity (Wildman–Crippen MR) is 60.3 cm³/mol. The van der Waals surface area contributed by atoms with Crippen LogP contribution in [-0.2, 0) is 0 Å². The average molecular weight is 197 g/mol. The van der Waals surface area contributed by atoms with E-state index in [2.05, 4.69) is 18.8 Å². The van der Waals surface area contributed by atoms with Gasteiger partial charge in [-0.25, -0.2) is 0 Å². The monoisotopic (exact) mass is 197 g/mol. The summed E-state index contributed by atoms with van der Waals surface area (Å²) in [5, 5.41) is 13.3. The summed E-state index contributed by atoms with van der Waals surface area (Å²) < 4.78 is 0. The molecule has 3 atom stereocenters. The van der Waals surface area contributed by atoms with E-state index in [-0.39, 0.29) is 6.10 Å². The lowest BCUT2D eigenvalue weighted by Crippen LogP contribution is -2.46. The highest BCUT2D eigenvalue weighted by molar-refractivity contribution is 4.83. The molecule has 0 heterocycles. The van der Waals surface area contributed by atoms with E-state index in [9.17, 15) is 5.11 Å². The minimum atomic E-state index is -0.130. The van der Waals surface area contributed by atoms with Crippen LogP contribution >= 0.6 is 0 Å². The Balaban J connectivity index is 2.23. The molecule has 1 rings (SSSR count). The minimum Gasteiger partial charge on any atom is -0.392 e. The van der Waals surface area contributed by atoms with E-state index in [0.29, 0.717) is 12.1 Å². The van der Waals surface area contributed by atoms with Crippen molar-refractivity contribution in [2.45, 2.75) is 63.6 Å². The predicted octanol–water partition coefficient (Wildman–Crippen LogP) is 2.23. The van der Waals surface area contributed by atoms with Crippen molar-refractivity contribution >= 4 is 0 Å². The van der Waals surface area contributed by atoms with Crippen LogP contribution in [0.5, 0.6) is 0 Å². The zero-order chi connectivity index (χ0) is 10.4. The van der Waals surface area contributed by atoms with E-state index in [1.807, 2.05) is 6.08 Å². The lowest BCUT2D eigenvalue weighted by molar-refractivity contribution is 0.0854. The maximum Gasteiger partial charge on any atom is 0.0693 e. The molecule has 0 unspecified atom stereocenters. The van der Waals surface area contributed by atoms with E-state index >= 15 is 0 Å². The van der Waals surface area contributed by atoms with Crippen molar-refractivity contribution in [2.75, 3.05) is 0 Å². The molecule has 0 spiro atoms. The van der Waals surface area contributed by atoms with Crippen LogP contribution in [0.4, 0.5) is 0 Å². The smallest absolute Gasteiger partial charge is 0.0693 e.